The minimum absolute atomic E-state index is 0.0270. The number of aromatic nitrogens is 1. The average molecular weight is 442 g/mol. The van der Waals surface area contributed by atoms with Gasteiger partial charge >= 0.3 is 6.18 Å². The van der Waals surface area contributed by atoms with E-state index in [1.807, 2.05) is 29.2 Å². The Morgan fingerprint density at radius 3 is 2.70 bits per heavy atom. The summed E-state index contributed by atoms with van der Waals surface area (Å²) in [5.74, 6) is 0.464. The van der Waals surface area contributed by atoms with Gasteiger partial charge in [-0.15, -0.1) is 0 Å². The fraction of sp³-hybridized carbons (Fsp3) is 0.368. The molecule has 0 spiro atoms. The summed E-state index contributed by atoms with van der Waals surface area (Å²) in [7, 11) is 0. The number of pyridine rings is 1. The highest BCUT2D eigenvalue weighted by Crippen LogP contribution is 2.30. The summed E-state index contributed by atoms with van der Waals surface area (Å²) in [6, 6.07) is 10.2. The first kappa shape index (κ1) is 19.7. The van der Waals surface area contributed by atoms with Crippen molar-refractivity contribution in [3.8, 4) is 0 Å². The van der Waals surface area contributed by atoms with Crippen LogP contribution >= 0.6 is 15.9 Å². The van der Waals surface area contributed by atoms with Crippen molar-refractivity contribution >= 4 is 27.7 Å². The fourth-order valence-electron chi connectivity index (χ4n) is 3.08. The van der Waals surface area contributed by atoms with Gasteiger partial charge in [-0.25, -0.2) is 4.98 Å². The molecule has 1 amide bonds. The molecule has 27 heavy (non-hydrogen) atoms. The summed E-state index contributed by atoms with van der Waals surface area (Å²) >= 11 is 3.47. The summed E-state index contributed by atoms with van der Waals surface area (Å²) in [4.78, 5) is 18.0. The topological polar surface area (TPSA) is 45.2 Å². The van der Waals surface area contributed by atoms with Crippen LogP contribution in [0.4, 0.5) is 19.0 Å². The lowest BCUT2D eigenvalue weighted by Crippen LogP contribution is -2.37. The Kier molecular flexibility index (Phi) is 6.04. The van der Waals surface area contributed by atoms with Crippen LogP contribution in [0.5, 0.6) is 0 Å². The van der Waals surface area contributed by atoms with Gasteiger partial charge < -0.3 is 10.2 Å². The van der Waals surface area contributed by atoms with E-state index in [0.717, 1.165) is 28.7 Å². The number of carbonyl (C=O) groups is 1. The molecule has 0 bridgehead atoms. The Morgan fingerprint density at radius 2 is 2.04 bits per heavy atom. The largest absolute Gasteiger partial charge is 0.417 e. The predicted octanol–water partition coefficient (Wildman–Crippen LogP) is 4.19. The van der Waals surface area contributed by atoms with Crippen molar-refractivity contribution in [2.24, 2.45) is 0 Å². The number of benzene rings is 1. The first-order valence-electron chi connectivity index (χ1n) is 8.64. The van der Waals surface area contributed by atoms with Crippen molar-refractivity contribution in [1.82, 2.24) is 10.3 Å². The van der Waals surface area contributed by atoms with Crippen LogP contribution in [0.3, 0.4) is 0 Å². The van der Waals surface area contributed by atoms with Crippen LogP contribution in [0.15, 0.2) is 47.1 Å². The molecular weight excluding hydrogens is 423 g/mol. The van der Waals surface area contributed by atoms with E-state index in [1.54, 1.807) is 0 Å². The highest BCUT2D eigenvalue weighted by molar-refractivity contribution is 9.10. The van der Waals surface area contributed by atoms with Gasteiger partial charge in [0.15, 0.2) is 0 Å². The summed E-state index contributed by atoms with van der Waals surface area (Å²) < 4.78 is 38.8. The first-order chi connectivity index (χ1) is 12.8. The quantitative estimate of drug-likeness (QED) is 0.756. The van der Waals surface area contributed by atoms with Crippen LogP contribution in [0.25, 0.3) is 0 Å². The minimum Gasteiger partial charge on any atom is -0.354 e. The van der Waals surface area contributed by atoms with Crippen LogP contribution in [0, 0.1) is 0 Å². The highest BCUT2D eigenvalue weighted by atomic mass is 79.9. The zero-order valence-corrected chi connectivity index (χ0v) is 16.1. The molecule has 1 unspecified atom stereocenters. The van der Waals surface area contributed by atoms with Gasteiger partial charge in [-0.2, -0.15) is 13.2 Å². The van der Waals surface area contributed by atoms with Crippen LogP contribution < -0.4 is 10.2 Å². The second kappa shape index (κ2) is 8.29. The normalized spacial score (nSPS) is 17.2. The molecule has 1 aliphatic rings. The Morgan fingerprint density at radius 1 is 1.26 bits per heavy atom. The Balaban J connectivity index is 1.49. The molecule has 4 nitrogen and oxygen atoms in total. The highest BCUT2D eigenvalue weighted by Gasteiger charge is 2.31. The van der Waals surface area contributed by atoms with Gasteiger partial charge in [0.05, 0.1) is 5.56 Å². The molecule has 144 valence electrons. The van der Waals surface area contributed by atoms with Crippen molar-refractivity contribution < 1.29 is 18.0 Å². The maximum atomic E-state index is 12.6. The number of aryl methyl sites for hydroxylation is 1. The van der Waals surface area contributed by atoms with Gasteiger partial charge in [-0.3, -0.25) is 4.79 Å². The van der Waals surface area contributed by atoms with E-state index >= 15 is 0 Å². The molecule has 1 aliphatic heterocycles. The number of nitrogens with zero attached hydrogens (tertiary/aromatic N) is 2. The van der Waals surface area contributed by atoms with Crippen molar-refractivity contribution in [2.45, 2.75) is 31.5 Å². The Labute approximate surface area is 163 Å². The third kappa shape index (κ3) is 5.22. The van der Waals surface area contributed by atoms with Gasteiger partial charge in [0.2, 0.25) is 5.91 Å². The van der Waals surface area contributed by atoms with Crippen LogP contribution in [-0.2, 0) is 17.4 Å². The summed E-state index contributed by atoms with van der Waals surface area (Å²) in [6.45, 7) is 1.19. The van der Waals surface area contributed by atoms with Gasteiger partial charge in [-0.05, 0) is 36.6 Å². The lowest BCUT2D eigenvalue weighted by Gasteiger charge is -2.18. The predicted molar refractivity (Wildman–Crippen MR) is 100 cm³/mol. The molecule has 1 fully saturated rings. The van der Waals surface area contributed by atoms with E-state index < -0.39 is 11.7 Å². The van der Waals surface area contributed by atoms with Crippen LogP contribution in [0.2, 0.25) is 0 Å². The Bertz CT molecular complexity index is 796. The first-order valence-corrected chi connectivity index (χ1v) is 9.43. The SMILES string of the molecule is O=C(CCc1ccccc1Br)NC1CCN(c2ccc(C(F)(F)F)cn2)C1. The molecule has 1 atom stereocenters. The number of nitrogens with one attached hydrogen (secondary N) is 1. The van der Waals surface area contributed by atoms with Crippen molar-refractivity contribution in [3.05, 3.63) is 58.2 Å². The summed E-state index contributed by atoms with van der Waals surface area (Å²) in [5, 5.41) is 3.00. The Hall–Kier alpha value is -2.09. The van der Waals surface area contributed by atoms with E-state index in [2.05, 4.69) is 26.2 Å². The molecule has 1 aromatic heterocycles. The molecular formula is C19H19BrF3N3O. The smallest absolute Gasteiger partial charge is 0.354 e. The van der Waals surface area contributed by atoms with E-state index in [1.165, 1.54) is 6.07 Å². The molecule has 1 N–H and O–H groups in total. The molecule has 1 saturated heterocycles. The molecule has 2 aromatic rings. The number of carbonyl (C=O) groups excluding carboxylic acids is 1. The van der Waals surface area contributed by atoms with Gasteiger partial charge in [0.1, 0.15) is 5.82 Å². The number of amides is 1. The fourth-order valence-corrected chi connectivity index (χ4v) is 3.56. The maximum absolute atomic E-state index is 12.6. The van der Waals surface area contributed by atoms with Crippen molar-refractivity contribution in [3.63, 3.8) is 0 Å². The third-order valence-corrected chi connectivity index (χ3v) is 5.31. The number of anilines is 1. The number of rotatable bonds is 5. The molecule has 0 saturated carbocycles. The van der Waals surface area contributed by atoms with Gasteiger partial charge in [0.25, 0.3) is 0 Å². The maximum Gasteiger partial charge on any atom is 0.417 e. The molecule has 0 radical (unpaired) electrons. The van der Waals surface area contributed by atoms with E-state index in [4.69, 9.17) is 0 Å². The molecule has 3 rings (SSSR count). The number of halogens is 4. The zero-order valence-electron chi connectivity index (χ0n) is 14.5. The average Bonchev–Trinajstić information content (AvgIpc) is 3.09. The van der Waals surface area contributed by atoms with E-state index in [0.29, 0.717) is 31.7 Å². The van der Waals surface area contributed by atoms with Gasteiger partial charge in [0, 0.05) is 36.2 Å². The van der Waals surface area contributed by atoms with Crippen molar-refractivity contribution in [2.75, 3.05) is 18.0 Å². The van der Waals surface area contributed by atoms with Gasteiger partial charge in [-0.1, -0.05) is 34.1 Å². The minimum atomic E-state index is -4.39. The molecule has 0 aliphatic carbocycles. The second-order valence-corrected chi connectivity index (χ2v) is 7.35. The molecule has 2 heterocycles. The molecule has 1 aromatic carbocycles. The van der Waals surface area contributed by atoms with Crippen molar-refractivity contribution in [1.29, 1.82) is 0 Å². The summed E-state index contributed by atoms with van der Waals surface area (Å²) in [6.07, 6.45) is -1.77. The molecule has 8 heteroatoms. The zero-order chi connectivity index (χ0) is 19.4. The standard InChI is InChI=1S/C19H19BrF3N3O/c20-16-4-2-1-3-13(16)5-8-18(27)25-15-9-10-26(12-15)17-7-6-14(11-24-17)19(21,22)23/h1-4,6-7,11,15H,5,8-10,12H2,(H,25,27). The lowest BCUT2D eigenvalue weighted by molar-refractivity contribution is -0.137. The number of hydrogen-bond acceptors (Lipinski definition) is 3. The van der Waals surface area contributed by atoms with E-state index in [-0.39, 0.29) is 11.9 Å². The number of hydrogen-bond donors (Lipinski definition) is 1. The summed E-state index contributed by atoms with van der Waals surface area (Å²) in [5.41, 5.74) is 0.317. The van der Waals surface area contributed by atoms with E-state index in [9.17, 15) is 18.0 Å². The second-order valence-electron chi connectivity index (χ2n) is 6.49. The van der Waals surface area contributed by atoms with Crippen LogP contribution in [-0.4, -0.2) is 30.0 Å². The third-order valence-electron chi connectivity index (χ3n) is 4.53. The number of alkyl halides is 3. The lowest BCUT2D eigenvalue weighted by atomic mass is 10.1. The van der Waals surface area contributed by atoms with Crippen LogP contribution in [0.1, 0.15) is 24.0 Å². The monoisotopic (exact) mass is 441 g/mol.